The molecule has 16 heavy (non-hydrogen) atoms. The zero-order chi connectivity index (χ0) is 12.0. The van der Waals surface area contributed by atoms with Gasteiger partial charge in [0.25, 0.3) is 0 Å². The Kier molecular flexibility index (Phi) is 5.26. The zero-order valence-electron chi connectivity index (χ0n) is 10.8. The van der Waals surface area contributed by atoms with Gasteiger partial charge in [-0.1, -0.05) is 13.8 Å². The Hall–Kier alpha value is -1.09. The zero-order valence-corrected chi connectivity index (χ0v) is 10.8. The van der Waals surface area contributed by atoms with Crippen molar-refractivity contribution in [2.75, 3.05) is 31.2 Å². The van der Waals surface area contributed by atoms with E-state index in [2.05, 4.69) is 28.9 Å². The van der Waals surface area contributed by atoms with Crippen molar-refractivity contribution in [1.82, 2.24) is 4.98 Å². The van der Waals surface area contributed by atoms with E-state index < -0.39 is 0 Å². The van der Waals surface area contributed by atoms with E-state index in [1.807, 2.05) is 20.8 Å². The van der Waals surface area contributed by atoms with Crippen LogP contribution in [0.3, 0.4) is 0 Å². The number of morpholine rings is 1. The van der Waals surface area contributed by atoms with Gasteiger partial charge in [-0.15, -0.1) is 0 Å². The first kappa shape index (κ1) is 13.0. The number of ether oxygens (including phenoxy) is 1. The fraction of sp³-hybridized carbons (Fsp3) is 0.615. The molecule has 0 bridgehead atoms. The summed E-state index contributed by atoms with van der Waals surface area (Å²) >= 11 is 0. The molecule has 0 aromatic carbocycles. The molecule has 3 nitrogen and oxygen atoms in total. The van der Waals surface area contributed by atoms with E-state index in [-0.39, 0.29) is 0 Å². The van der Waals surface area contributed by atoms with Gasteiger partial charge in [0, 0.05) is 18.8 Å². The van der Waals surface area contributed by atoms with Crippen molar-refractivity contribution in [1.29, 1.82) is 0 Å². The van der Waals surface area contributed by atoms with E-state index in [4.69, 9.17) is 4.74 Å². The van der Waals surface area contributed by atoms with Gasteiger partial charge in [-0.05, 0) is 31.5 Å². The van der Waals surface area contributed by atoms with Gasteiger partial charge in [-0.25, -0.2) is 4.98 Å². The Morgan fingerprint density at radius 2 is 1.75 bits per heavy atom. The third-order valence-electron chi connectivity index (χ3n) is 2.42. The first-order chi connectivity index (χ1) is 7.75. The molecule has 1 aromatic rings. The number of hydrogen-bond donors (Lipinski definition) is 0. The topological polar surface area (TPSA) is 25.4 Å². The molecular formula is C13H22N2O. The summed E-state index contributed by atoms with van der Waals surface area (Å²) in [5.74, 6) is 1.09. The Labute approximate surface area is 98.4 Å². The average Bonchev–Trinajstić information content (AvgIpc) is 2.32. The van der Waals surface area contributed by atoms with Crippen LogP contribution in [-0.4, -0.2) is 31.3 Å². The molecule has 1 aliphatic heterocycles. The van der Waals surface area contributed by atoms with E-state index in [0.717, 1.165) is 37.8 Å². The molecule has 1 aromatic heterocycles. The molecule has 1 aliphatic rings. The SMILES string of the molecule is CC.Cc1cc(C)nc(N2CCOCC2)c1. The third kappa shape index (κ3) is 3.49. The molecule has 0 amide bonds. The predicted octanol–water partition coefficient (Wildman–Crippen LogP) is 2.56. The minimum Gasteiger partial charge on any atom is -0.378 e. The molecule has 0 saturated carbocycles. The molecule has 2 heterocycles. The normalized spacial score (nSPS) is 15.4. The first-order valence-corrected chi connectivity index (χ1v) is 6.04. The number of rotatable bonds is 1. The summed E-state index contributed by atoms with van der Waals surface area (Å²) in [6.07, 6.45) is 0. The van der Waals surface area contributed by atoms with Gasteiger partial charge >= 0.3 is 0 Å². The second-order valence-electron chi connectivity index (χ2n) is 3.74. The summed E-state index contributed by atoms with van der Waals surface area (Å²) < 4.78 is 5.31. The number of aromatic nitrogens is 1. The highest BCUT2D eigenvalue weighted by Crippen LogP contribution is 2.15. The lowest BCUT2D eigenvalue weighted by atomic mass is 10.2. The fourth-order valence-electron chi connectivity index (χ4n) is 1.77. The molecule has 90 valence electrons. The lowest BCUT2D eigenvalue weighted by Gasteiger charge is -2.28. The van der Waals surface area contributed by atoms with Gasteiger partial charge in [0.15, 0.2) is 0 Å². The molecule has 1 fully saturated rings. The number of anilines is 1. The van der Waals surface area contributed by atoms with Crippen LogP contribution in [0.4, 0.5) is 5.82 Å². The van der Waals surface area contributed by atoms with Gasteiger partial charge in [-0.2, -0.15) is 0 Å². The van der Waals surface area contributed by atoms with E-state index >= 15 is 0 Å². The third-order valence-corrected chi connectivity index (χ3v) is 2.42. The van der Waals surface area contributed by atoms with E-state index in [1.54, 1.807) is 0 Å². The fourth-order valence-corrected chi connectivity index (χ4v) is 1.77. The smallest absolute Gasteiger partial charge is 0.129 e. The van der Waals surface area contributed by atoms with Crippen LogP contribution < -0.4 is 4.90 Å². The van der Waals surface area contributed by atoms with Gasteiger partial charge in [-0.3, -0.25) is 0 Å². The highest BCUT2D eigenvalue weighted by Gasteiger charge is 2.12. The second-order valence-corrected chi connectivity index (χ2v) is 3.74. The molecule has 2 rings (SSSR count). The van der Waals surface area contributed by atoms with Crippen LogP contribution in [0.5, 0.6) is 0 Å². The highest BCUT2D eigenvalue weighted by atomic mass is 16.5. The van der Waals surface area contributed by atoms with Crippen molar-refractivity contribution in [3.63, 3.8) is 0 Å². The molecule has 0 atom stereocenters. The Balaban J connectivity index is 0.000000606. The highest BCUT2D eigenvalue weighted by molar-refractivity contribution is 5.42. The molecule has 0 aliphatic carbocycles. The predicted molar refractivity (Wildman–Crippen MR) is 68.1 cm³/mol. The number of aryl methyl sites for hydroxylation is 2. The van der Waals surface area contributed by atoms with Crippen molar-refractivity contribution in [3.8, 4) is 0 Å². The van der Waals surface area contributed by atoms with Crippen LogP contribution in [-0.2, 0) is 4.74 Å². The second kappa shape index (κ2) is 6.48. The van der Waals surface area contributed by atoms with Crippen molar-refractivity contribution >= 4 is 5.82 Å². The first-order valence-electron chi connectivity index (χ1n) is 6.04. The monoisotopic (exact) mass is 222 g/mol. The van der Waals surface area contributed by atoms with Gasteiger partial charge in [0.2, 0.25) is 0 Å². The van der Waals surface area contributed by atoms with Gasteiger partial charge in [0.05, 0.1) is 13.2 Å². The maximum absolute atomic E-state index is 5.31. The number of pyridine rings is 1. The van der Waals surface area contributed by atoms with Crippen molar-refractivity contribution < 1.29 is 4.74 Å². The molecule has 0 spiro atoms. The minimum absolute atomic E-state index is 0.814. The molecular weight excluding hydrogens is 200 g/mol. The summed E-state index contributed by atoms with van der Waals surface area (Å²) in [6, 6.07) is 4.24. The van der Waals surface area contributed by atoms with E-state index in [9.17, 15) is 0 Å². The van der Waals surface area contributed by atoms with E-state index in [0.29, 0.717) is 0 Å². The maximum atomic E-state index is 5.31. The standard InChI is InChI=1S/C11H16N2O.C2H6/c1-9-7-10(2)12-11(8-9)13-3-5-14-6-4-13;1-2/h7-8H,3-6H2,1-2H3;1-2H3. The molecule has 0 radical (unpaired) electrons. The lowest BCUT2D eigenvalue weighted by Crippen LogP contribution is -2.36. The maximum Gasteiger partial charge on any atom is 0.129 e. The van der Waals surface area contributed by atoms with Crippen LogP contribution in [0.1, 0.15) is 25.1 Å². The molecule has 0 N–H and O–H groups in total. The van der Waals surface area contributed by atoms with Crippen LogP contribution in [0.25, 0.3) is 0 Å². The van der Waals surface area contributed by atoms with Crippen molar-refractivity contribution in [2.45, 2.75) is 27.7 Å². The van der Waals surface area contributed by atoms with Crippen LogP contribution in [0, 0.1) is 13.8 Å². The molecule has 0 unspecified atom stereocenters. The Morgan fingerprint density at radius 3 is 2.31 bits per heavy atom. The summed E-state index contributed by atoms with van der Waals surface area (Å²) in [5, 5.41) is 0. The largest absolute Gasteiger partial charge is 0.378 e. The summed E-state index contributed by atoms with van der Waals surface area (Å²) in [6.45, 7) is 11.7. The van der Waals surface area contributed by atoms with Crippen LogP contribution in [0.2, 0.25) is 0 Å². The van der Waals surface area contributed by atoms with Crippen molar-refractivity contribution in [3.05, 3.63) is 23.4 Å². The van der Waals surface area contributed by atoms with Gasteiger partial charge in [0.1, 0.15) is 5.82 Å². The average molecular weight is 222 g/mol. The number of nitrogens with zero attached hydrogens (tertiary/aromatic N) is 2. The summed E-state index contributed by atoms with van der Waals surface area (Å²) in [7, 11) is 0. The molecule has 1 saturated heterocycles. The summed E-state index contributed by atoms with van der Waals surface area (Å²) in [5.41, 5.74) is 2.37. The van der Waals surface area contributed by atoms with Crippen molar-refractivity contribution in [2.24, 2.45) is 0 Å². The van der Waals surface area contributed by atoms with Crippen LogP contribution >= 0.6 is 0 Å². The minimum atomic E-state index is 0.814. The Morgan fingerprint density at radius 1 is 1.12 bits per heavy atom. The number of hydrogen-bond acceptors (Lipinski definition) is 3. The van der Waals surface area contributed by atoms with Gasteiger partial charge < -0.3 is 9.64 Å². The lowest BCUT2D eigenvalue weighted by molar-refractivity contribution is 0.122. The van der Waals surface area contributed by atoms with E-state index in [1.165, 1.54) is 5.56 Å². The summed E-state index contributed by atoms with van der Waals surface area (Å²) in [4.78, 5) is 6.81. The Bertz CT molecular complexity index is 299. The quantitative estimate of drug-likeness (QED) is 0.730. The molecule has 3 heteroatoms. The van der Waals surface area contributed by atoms with Crippen LogP contribution in [0.15, 0.2) is 12.1 Å².